The molecule has 0 spiro atoms. The van der Waals surface area contributed by atoms with E-state index < -0.39 is 0 Å². The summed E-state index contributed by atoms with van der Waals surface area (Å²) >= 11 is 0. The summed E-state index contributed by atoms with van der Waals surface area (Å²) in [4.78, 5) is 0. The fraction of sp³-hybridized carbons (Fsp3) is 0.556. The number of nitrogens with two attached hydrogens (primary N) is 1. The van der Waals surface area contributed by atoms with Crippen LogP contribution in [0.4, 0.5) is 0 Å². The molecule has 1 aliphatic rings. The van der Waals surface area contributed by atoms with Crippen LogP contribution < -0.4 is 11.1 Å². The highest BCUT2D eigenvalue weighted by atomic mass is 14.9. The molecule has 0 aliphatic carbocycles. The molecule has 0 radical (unpaired) electrons. The average molecular weight is 152 g/mol. The Morgan fingerprint density at radius 3 is 2.36 bits per heavy atom. The van der Waals surface area contributed by atoms with Crippen molar-refractivity contribution in [3.05, 3.63) is 22.5 Å². The van der Waals surface area contributed by atoms with E-state index in [1.165, 1.54) is 16.8 Å². The summed E-state index contributed by atoms with van der Waals surface area (Å²) in [6.07, 6.45) is 0. The first-order valence-corrected chi connectivity index (χ1v) is 3.94. The molecular formula is C9H16N2. The van der Waals surface area contributed by atoms with Gasteiger partial charge < -0.3 is 11.1 Å². The van der Waals surface area contributed by atoms with Gasteiger partial charge in [-0.2, -0.15) is 0 Å². The molecule has 1 heterocycles. The second-order valence-corrected chi connectivity index (χ2v) is 3.21. The standard InChI is InChI=1S/C9H16N2/c1-5-7(3)11-8(4)6(2)9(5)10/h7,11H,10H2,1-4H3. The summed E-state index contributed by atoms with van der Waals surface area (Å²) in [5.74, 6) is 0. The van der Waals surface area contributed by atoms with Crippen molar-refractivity contribution in [1.82, 2.24) is 5.32 Å². The highest BCUT2D eigenvalue weighted by molar-refractivity contribution is 5.39. The predicted octanol–water partition coefficient (Wildman–Crippen LogP) is 1.50. The Morgan fingerprint density at radius 1 is 1.27 bits per heavy atom. The zero-order chi connectivity index (χ0) is 8.59. The minimum absolute atomic E-state index is 0.388. The van der Waals surface area contributed by atoms with Gasteiger partial charge in [0.05, 0.1) is 0 Å². The monoisotopic (exact) mass is 152 g/mol. The Balaban J connectivity index is 3.07. The average Bonchev–Trinajstić information content (AvgIpc) is 1.97. The van der Waals surface area contributed by atoms with Gasteiger partial charge in [0.1, 0.15) is 0 Å². The van der Waals surface area contributed by atoms with Gasteiger partial charge in [0.25, 0.3) is 0 Å². The Labute approximate surface area is 68.2 Å². The number of hydrogen-bond acceptors (Lipinski definition) is 2. The van der Waals surface area contributed by atoms with Gasteiger partial charge in [-0.15, -0.1) is 0 Å². The van der Waals surface area contributed by atoms with Crippen molar-refractivity contribution in [1.29, 1.82) is 0 Å². The van der Waals surface area contributed by atoms with Crippen LogP contribution in [0.1, 0.15) is 27.7 Å². The van der Waals surface area contributed by atoms with Gasteiger partial charge in [-0.1, -0.05) is 0 Å². The van der Waals surface area contributed by atoms with E-state index in [0.29, 0.717) is 6.04 Å². The van der Waals surface area contributed by atoms with Crippen LogP contribution in [0, 0.1) is 0 Å². The first-order chi connectivity index (χ1) is 5.04. The maximum atomic E-state index is 5.88. The van der Waals surface area contributed by atoms with Crippen LogP contribution in [-0.2, 0) is 0 Å². The van der Waals surface area contributed by atoms with E-state index in [0.717, 1.165) is 5.70 Å². The summed E-state index contributed by atoms with van der Waals surface area (Å²) in [5, 5.41) is 3.35. The van der Waals surface area contributed by atoms with Gasteiger partial charge in [0.2, 0.25) is 0 Å². The van der Waals surface area contributed by atoms with E-state index in [1.807, 2.05) is 6.92 Å². The molecule has 0 aromatic rings. The molecule has 0 bridgehead atoms. The lowest BCUT2D eigenvalue weighted by molar-refractivity contribution is 0.660. The molecule has 2 heteroatoms. The van der Waals surface area contributed by atoms with Crippen LogP contribution >= 0.6 is 0 Å². The van der Waals surface area contributed by atoms with Gasteiger partial charge in [0, 0.05) is 17.4 Å². The van der Waals surface area contributed by atoms with E-state index in [9.17, 15) is 0 Å². The topological polar surface area (TPSA) is 38.0 Å². The first-order valence-electron chi connectivity index (χ1n) is 3.94. The predicted molar refractivity (Wildman–Crippen MR) is 47.9 cm³/mol. The number of allylic oxidation sites excluding steroid dienone is 2. The second-order valence-electron chi connectivity index (χ2n) is 3.21. The molecule has 0 amide bonds. The van der Waals surface area contributed by atoms with Gasteiger partial charge in [-0.25, -0.2) is 0 Å². The van der Waals surface area contributed by atoms with Gasteiger partial charge in [-0.05, 0) is 38.8 Å². The first kappa shape index (κ1) is 8.18. The Morgan fingerprint density at radius 2 is 1.82 bits per heavy atom. The van der Waals surface area contributed by atoms with E-state index in [4.69, 9.17) is 5.73 Å². The Kier molecular flexibility index (Phi) is 1.94. The highest BCUT2D eigenvalue weighted by Crippen LogP contribution is 2.20. The molecule has 1 rings (SSSR count). The Bertz CT molecular complexity index is 236. The van der Waals surface area contributed by atoms with Crippen LogP contribution in [-0.4, -0.2) is 6.04 Å². The molecular weight excluding hydrogens is 136 g/mol. The van der Waals surface area contributed by atoms with E-state index in [2.05, 4.69) is 26.1 Å². The van der Waals surface area contributed by atoms with Crippen molar-refractivity contribution in [2.75, 3.05) is 0 Å². The van der Waals surface area contributed by atoms with Crippen LogP contribution in [0.5, 0.6) is 0 Å². The molecule has 62 valence electrons. The fourth-order valence-electron chi connectivity index (χ4n) is 1.27. The molecule has 1 unspecified atom stereocenters. The van der Waals surface area contributed by atoms with Crippen LogP contribution in [0.25, 0.3) is 0 Å². The maximum absolute atomic E-state index is 5.88. The van der Waals surface area contributed by atoms with Crippen molar-refractivity contribution >= 4 is 0 Å². The van der Waals surface area contributed by atoms with Crippen molar-refractivity contribution in [3.8, 4) is 0 Å². The summed E-state index contributed by atoms with van der Waals surface area (Å²) in [6.45, 7) is 8.30. The van der Waals surface area contributed by atoms with Crippen LogP contribution in [0.15, 0.2) is 22.5 Å². The maximum Gasteiger partial charge on any atom is 0.0462 e. The third-order valence-electron chi connectivity index (χ3n) is 2.47. The largest absolute Gasteiger partial charge is 0.398 e. The number of dihydropyridines is 1. The van der Waals surface area contributed by atoms with Gasteiger partial charge >= 0.3 is 0 Å². The highest BCUT2D eigenvalue weighted by Gasteiger charge is 2.15. The molecule has 2 nitrogen and oxygen atoms in total. The molecule has 0 saturated carbocycles. The summed E-state index contributed by atoms with van der Waals surface area (Å²) < 4.78 is 0. The van der Waals surface area contributed by atoms with Crippen LogP contribution in [0.2, 0.25) is 0 Å². The molecule has 1 aliphatic heterocycles. The van der Waals surface area contributed by atoms with Crippen molar-refractivity contribution in [3.63, 3.8) is 0 Å². The molecule has 0 aromatic heterocycles. The van der Waals surface area contributed by atoms with Gasteiger partial charge in [-0.3, -0.25) is 0 Å². The lowest BCUT2D eigenvalue weighted by Crippen LogP contribution is -2.32. The van der Waals surface area contributed by atoms with Gasteiger partial charge in [0.15, 0.2) is 0 Å². The molecule has 3 N–H and O–H groups in total. The zero-order valence-corrected chi connectivity index (χ0v) is 7.65. The quantitative estimate of drug-likeness (QED) is 0.552. The van der Waals surface area contributed by atoms with Crippen molar-refractivity contribution in [2.45, 2.75) is 33.7 Å². The van der Waals surface area contributed by atoms with E-state index in [-0.39, 0.29) is 0 Å². The van der Waals surface area contributed by atoms with Crippen molar-refractivity contribution < 1.29 is 0 Å². The normalized spacial score (nSPS) is 25.6. The minimum atomic E-state index is 0.388. The zero-order valence-electron chi connectivity index (χ0n) is 7.65. The third kappa shape index (κ3) is 1.25. The number of nitrogens with one attached hydrogen (secondary N) is 1. The van der Waals surface area contributed by atoms with E-state index in [1.54, 1.807) is 0 Å². The molecule has 0 fully saturated rings. The fourth-order valence-corrected chi connectivity index (χ4v) is 1.27. The molecule has 11 heavy (non-hydrogen) atoms. The summed E-state index contributed by atoms with van der Waals surface area (Å²) in [5.41, 5.74) is 10.5. The smallest absolute Gasteiger partial charge is 0.0462 e. The van der Waals surface area contributed by atoms with Crippen molar-refractivity contribution in [2.24, 2.45) is 5.73 Å². The lowest BCUT2D eigenvalue weighted by Gasteiger charge is -2.26. The van der Waals surface area contributed by atoms with Crippen LogP contribution in [0.3, 0.4) is 0 Å². The van der Waals surface area contributed by atoms with E-state index >= 15 is 0 Å². The number of rotatable bonds is 0. The second kappa shape index (κ2) is 2.61. The summed E-state index contributed by atoms with van der Waals surface area (Å²) in [6, 6.07) is 0.388. The molecule has 1 atom stereocenters. The number of hydrogen-bond donors (Lipinski definition) is 2. The Hall–Kier alpha value is -0.920. The molecule has 0 aromatic carbocycles. The SMILES string of the molecule is CC1=C(C)C(N)=C(C)C(C)N1. The molecule has 0 saturated heterocycles. The summed E-state index contributed by atoms with van der Waals surface area (Å²) in [7, 11) is 0. The lowest BCUT2D eigenvalue weighted by atomic mass is 9.98. The minimum Gasteiger partial charge on any atom is -0.398 e. The third-order valence-corrected chi connectivity index (χ3v) is 2.47.